The maximum absolute atomic E-state index is 5.35. The Balaban J connectivity index is 2.06. The van der Waals surface area contributed by atoms with Crippen molar-refractivity contribution in [2.24, 2.45) is 5.73 Å². The van der Waals surface area contributed by atoms with Crippen molar-refractivity contribution in [3.05, 3.63) is 0 Å². The molecule has 0 aromatic heterocycles. The Labute approximate surface area is 73.5 Å². The Hall–Kier alpha value is -0.0951. The molecule has 1 heterocycles. The molecular formula is C7H16BNO3. The van der Waals surface area contributed by atoms with Crippen molar-refractivity contribution in [2.45, 2.75) is 25.9 Å². The normalized spacial score (nSPS) is 24.5. The van der Waals surface area contributed by atoms with E-state index in [-0.39, 0.29) is 6.10 Å². The maximum atomic E-state index is 5.35. The molecule has 2 N–H and O–H groups in total. The van der Waals surface area contributed by atoms with Crippen LogP contribution in [0.3, 0.4) is 0 Å². The molecule has 0 aromatic rings. The Kier molecular flexibility index (Phi) is 4.61. The third-order valence-electron chi connectivity index (χ3n) is 1.72. The van der Waals surface area contributed by atoms with E-state index in [2.05, 4.69) is 0 Å². The first-order valence-corrected chi connectivity index (χ1v) is 4.41. The molecule has 1 atom stereocenters. The van der Waals surface area contributed by atoms with Gasteiger partial charge in [0.15, 0.2) is 0 Å². The lowest BCUT2D eigenvalue weighted by Crippen LogP contribution is -2.37. The van der Waals surface area contributed by atoms with E-state index < -0.39 is 7.32 Å². The van der Waals surface area contributed by atoms with E-state index in [4.69, 9.17) is 19.7 Å². The maximum Gasteiger partial charge on any atom is 0.639 e. The third-order valence-corrected chi connectivity index (χ3v) is 1.72. The lowest BCUT2D eigenvalue weighted by atomic mass is 10.1. The molecule has 0 saturated carbocycles. The molecule has 5 heteroatoms. The topological polar surface area (TPSA) is 53.7 Å². The molecule has 1 aliphatic heterocycles. The minimum atomic E-state index is -0.472. The summed E-state index contributed by atoms with van der Waals surface area (Å²) < 4.78 is 15.8. The van der Waals surface area contributed by atoms with Crippen LogP contribution in [-0.4, -0.2) is 33.2 Å². The minimum Gasteiger partial charge on any atom is -0.386 e. The monoisotopic (exact) mass is 173 g/mol. The van der Waals surface area contributed by atoms with Gasteiger partial charge in [-0.2, -0.15) is 0 Å². The van der Waals surface area contributed by atoms with Crippen molar-refractivity contribution in [1.82, 2.24) is 0 Å². The summed E-state index contributed by atoms with van der Waals surface area (Å²) in [6.07, 6.45) is 2.02. The quantitative estimate of drug-likeness (QED) is 0.486. The molecule has 1 saturated heterocycles. The second kappa shape index (κ2) is 5.53. The van der Waals surface area contributed by atoms with Gasteiger partial charge in [-0.25, -0.2) is 0 Å². The predicted molar refractivity (Wildman–Crippen MR) is 46.5 cm³/mol. The van der Waals surface area contributed by atoms with Gasteiger partial charge in [-0.05, 0) is 26.3 Å². The van der Waals surface area contributed by atoms with Crippen LogP contribution in [0.25, 0.3) is 0 Å². The Morgan fingerprint density at radius 1 is 1.67 bits per heavy atom. The molecule has 0 radical (unpaired) electrons. The molecular weight excluding hydrogens is 157 g/mol. The predicted octanol–water partition coefficient (Wildman–Crippen LogP) is 0.162. The average Bonchev–Trinajstić information content (AvgIpc) is 2.05. The summed E-state index contributed by atoms with van der Waals surface area (Å²) in [5.74, 6) is 0. The SMILES string of the molecule is CC1CCOB(OCCCN)O1. The van der Waals surface area contributed by atoms with Gasteiger partial charge in [-0.15, -0.1) is 0 Å². The first-order valence-electron chi connectivity index (χ1n) is 4.41. The molecule has 0 amide bonds. The van der Waals surface area contributed by atoms with Crippen LogP contribution in [0.15, 0.2) is 0 Å². The van der Waals surface area contributed by atoms with E-state index >= 15 is 0 Å². The van der Waals surface area contributed by atoms with E-state index in [1.807, 2.05) is 6.92 Å². The number of hydrogen-bond donors (Lipinski definition) is 1. The molecule has 4 nitrogen and oxygen atoms in total. The number of hydrogen-bond acceptors (Lipinski definition) is 4. The molecule has 1 unspecified atom stereocenters. The zero-order valence-corrected chi connectivity index (χ0v) is 7.49. The van der Waals surface area contributed by atoms with Crippen molar-refractivity contribution in [3.8, 4) is 0 Å². The van der Waals surface area contributed by atoms with Crippen molar-refractivity contribution >= 4 is 7.32 Å². The van der Waals surface area contributed by atoms with Gasteiger partial charge in [0.2, 0.25) is 0 Å². The molecule has 0 aliphatic carbocycles. The standard InChI is InChI=1S/C7H16BNO3/c1-7-3-6-11-8(12-7)10-5-2-4-9/h7H,2-6,9H2,1H3. The summed E-state index contributed by atoms with van der Waals surface area (Å²) in [6.45, 7) is 3.98. The summed E-state index contributed by atoms with van der Waals surface area (Å²) in [7, 11) is -0.472. The van der Waals surface area contributed by atoms with Crippen LogP contribution >= 0.6 is 0 Å². The fourth-order valence-corrected chi connectivity index (χ4v) is 0.978. The highest BCUT2D eigenvalue weighted by atomic mass is 16.7. The largest absolute Gasteiger partial charge is 0.639 e. The molecule has 0 spiro atoms. The van der Waals surface area contributed by atoms with Crippen molar-refractivity contribution in [1.29, 1.82) is 0 Å². The smallest absolute Gasteiger partial charge is 0.386 e. The lowest BCUT2D eigenvalue weighted by molar-refractivity contribution is 0.0148. The molecule has 1 aliphatic rings. The summed E-state index contributed by atoms with van der Waals surface area (Å²) >= 11 is 0. The molecule has 1 fully saturated rings. The zero-order valence-electron chi connectivity index (χ0n) is 7.49. The van der Waals surface area contributed by atoms with Gasteiger partial charge in [0.05, 0.1) is 0 Å². The van der Waals surface area contributed by atoms with Gasteiger partial charge in [-0.1, -0.05) is 0 Å². The van der Waals surface area contributed by atoms with E-state index in [1.54, 1.807) is 0 Å². The summed E-state index contributed by atoms with van der Waals surface area (Å²) in [5.41, 5.74) is 5.31. The fourth-order valence-electron chi connectivity index (χ4n) is 0.978. The first kappa shape index (κ1) is 9.99. The van der Waals surface area contributed by atoms with Crippen LogP contribution in [0.2, 0.25) is 0 Å². The Morgan fingerprint density at radius 3 is 3.17 bits per heavy atom. The zero-order chi connectivity index (χ0) is 8.81. The molecule has 1 rings (SSSR count). The Bertz CT molecular complexity index is 125. The van der Waals surface area contributed by atoms with Crippen molar-refractivity contribution < 1.29 is 14.0 Å². The number of nitrogens with two attached hydrogens (primary N) is 1. The molecule has 70 valence electrons. The summed E-state index contributed by atoms with van der Waals surface area (Å²) in [5, 5.41) is 0. The summed E-state index contributed by atoms with van der Waals surface area (Å²) in [6, 6.07) is 0. The minimum absolute atomic E-state index is 0.238. The van der Waals surface area contributed by atoms with Gasteiger partial charge >= 0.3 is 7.32 Å². The Morgan fingerprint density at radius 2 is 2.50 bits per heavy atom. The van der Waals surface area contributed by atoms with Gasteiger partial charge < -0.3 is 19.7 Å². The lowest BCUT2D eigenvalue weighted by Gasteiger charge is -2.24. The molecule has 0 bridgehead atoms. The number of rotatable bonds is 4. The van der Waals surface area contributed by atoms with E-state index in [0.717, 1.165) is 12.8 Å². The molecule has 0 aromatic carbocycles. The van der Waals surface area contributed by atoms with E-state index in [9.17, 15) is 0 Å². The van der Waals surface area contributed by atoms with Crippen LogP contribution in [-0.2, 0) is 14.0 Å². The third kappa shape index (κ3) is 3.54. The van der Waals surface area contributed by atoms with Crippen LogP contribution in [0.4, 0.5) is 0 Å². The molecule has 12 heavy (non-hydrogen) atoms. The van der Waals surface area contributed by atoms with Crippen LogP contribution in [0, 0.1) is 0 Å². The summed E-state index contributed by atoms with van der Waals surface area (Å²) in [4.78, 5) is 0. The average molecular weight is 173 g/mol. The van der Waals surface area contributed by atoms with Crippen molar-refractivity contribution in [3.63, 3.8) is 0 Å². The van der Waals surface area contributed by atoms with E-state index in [1.165, 1.54) is 0 Å². The first-order chi connectivity index (χ1) is 5.83. The second-order valence-corrected chi connectivity index (χ2v) is 2.91. The highest BCUT2D eigenvalue weighted by Crippen LogP contribution is 2.09. The highest BCUT2D eigenvalue weighted by molar-refractivity contribution is 6.36. The van der Waals surface area contributed by atoms with Crippen LogP contribution in [0.1, 0.15) is 19.8 Å². The van der Waals surface area contributed by atoms with Crippen LogP contribution in [0.5, 0.6) is 0 Å². The second-order valence-electron chi connectivity index (χ2n) is 2.91. The van der Waals surface area contributed by atoms with Crippen LogP contribution < -0.4 is 5.73 Å². The van der Waals surface area contributed by atoms with Gasteiger partial charge in [0.25, 0.3) is 0 Å². The fraction of sp³-hybridized carbons (Fsp3) is 1.00. The van der Waals surface area contributed by atoms with E-state index in [0.29, 0.717) is 19.8 Å². The van der Waals surface area contributed by atoms with Crippen molar-refractivity contribution in [2.75, 3.05) is 19.8 Å². The van der Waals surface area contributed by atoms with Gasteiger partial charge in [0, 0.05) is 19.3 Å². The van der Waals surface area contributed by atoms with Gasteiger partial charge in [-0.3, -0.25) is 0 Å². The highest BCUT2D eigenvalue weighted by Gasteiger charge is 2.28. The van der Waals surface area contributed by atoms with Gasteiger partial charge in [0.1, 0.15) is 0 Å².